The van der Waals surface area contributed by atoms with Gasteiger partial charge in [-0.05, 0) is 31.2 Å². The lowest BCUT2D eigenvalue weighted by Gasteiger charge is -2.37. The maximum absolute atomic E-state index is 12.5. The summed E-state index contributed by atoms with van der Waals surface area (Å²) in [6, 6.07) is 7.07. The van der Waals surface area contributed by atoms with Gasteiger partial charge in [0.25, 0.3) is 5.69 Å². The Morgan fingerprint density at radius 1 is 0.969 bits per heavy atom. The van der Waals surface area contributed by atoms with Crippen LogP contribution >= 0.6 is 0 Å². The fourth-order valence-corrected chi connectivity index (χ4v) is 4.75. The molecule has 0 aromatic heterocycles. The number of non-ortho nitro benzene ring substituents is 1. The maximum Gasteiger partial charge on any atom is 0.269 e. The molecule has 2 heterocycles. The third-order valence-corrected chi connectivity index (χ3v) is 6.74. The summed E-state index contributed by atoms with van der Waals surface area (Å²) in [5.41, 5.74) is 1.05. The number of amides is 1. The maximum atomic E-state index is 12.5. The molecular formula is C23H34N6O3. The van der Waals surface area contributed by atoms with Gasteiger partial charge < -0.3 is 15.1 Å². The third-order valence-electron chi connectivity index (χ3n) is 6.74. The molecule has 2 saturated heterocycles. The Morgan fingerprint density at radius 3 is 2.25 bits per heavy atom. The monoisotopic (exact) mass is 442 g/mol. The number of hydrogen-bond donors (Lipinski definition) is 1. The van der Waals surface area contributed by atoms with E-state index in [9.17, 15) is 14.9 Å². The van der Waals surface area contributed by atoms with Gasteiger partial charge in [0.2, 0.25) is 5.91 Å². The Morgan fingerprint density at radius 2 is 1.62 bits per heavy atom. The molecular weight excluding hydrogens is 408 g/mol. The van der Waals surface area contributed by atoms with E-state index in [1.54, 1.807) is 12.1 Å². The van der Waals surface area contributed by atoms with Gasteiger partial charge in [0, 0.05) is 57.4 Å². The first-order valence-electron chi connectivity index (χ1n) is 11.9. The molecule has 1 aromatic carbocycles. The second-order valence-corrected chi connectivity index (χ2v) is 9.04. The van der Waals surface area contributed by atoms with E-state index in [4.69, 9.17) is 4.99 Å². The number of piperazine rings is 1. The fraction of sp³-hybridized carbons (Fsp3) is 0.652. The minimum atomic E-state index is -0.381. The highest BCUT2D eigenvalue weighted by atomic mass is 16.6. The van der Waals surface area contributed by atoms with Crippen molar-refractivity contribution in [2.45, 2.75) is 51.1 Å². The number of guanidine groups is 1. The molecule has 32 heavy (non-hydrogen) atoms. The lowest BCUT2D eigenvalue weighted by molar-refractivity contribution is -0.384. The highest BCUT2D eigenvalue weighted by Gasteiger charge is 2.26. The highest BCUT2D eigenvalue weighted by Crippen LogP contribution is 2.19. The van der Waals surface area contributed by atoms with Gasteiger partial charge in [0.15, 0.2) is 5.96 Å². The zero-order valence-corrected chi connectivity index (χ0v) is 18.7. The van der Waals surface area contributed by atoms with Gasteiger partial charge in [-0.15, -0.1) is 0 Å². The van der Waals surface area contributed by atoms with Crippen molar-refractivity contribution in [2.75, 3.05) is 45.8 Å². The van der Waals surface area contributed by atoms with Gasteiger partial charge in [0.05, 0.1) is 18.0 Å². The topological polar surface area (TPSA) is 94.3 Å². The van der Waals surface area contributed by atoms with Crippen LogP contribution in [0.4, 0.5) is 5.69 Å². The molecule has 1 aromatic rings. The lowest BCUT2D eigenvalue weighted by atomic mass is 10.2. The van der Waals surface area contributed by atoms with Crippen molar-refractivity contribution in [1.29, 1.82) is 0 Å². The zero-order chi connectivity index (χ0) is 22.3. The van der Waals surface area contributed by atoms with Crippen LogP contribution < -0.4 is 5.32 Å². The van der Waals surface area contributed by atoms with Crippen molar-refractivity contribution in [3.8, 4) is 0 Å². The number of benzene rings is 1. The largest absolute Gasteiger partial charge is 0.353 e. The molecule has 1 aliphatic carbocycles. The number of carbonyl (C=O) groups is 1. The summed E-state index contributed by atoms with van der Waals surface area (Å²) >= 11 is 0. The molecule has 1 saturated carbocycles. The Labute approximate surface area is 189 Å². The van der Waals surface area contributed by atoms with E-state index in [0.717, 1.165) is 63.6 Å². The van der Waals surface area contributed by atoms with Gasteiger partial charge in [-0.2, -0.15) is 0 Å². The van der Waals surface area contributed by atoms with Crippen LogP contribution in [0.5, 0.6) is 0 Å². The van der Waals surface area contributed by atoms with Gasteiger partial charge >= 0.3 is 0 Å². The number of nitro groups is 1. The summed E-state index contributed by atoms with van der Waals surface area (Å²) in [6.07, 6.45) is 7.09. The number of likely N-dealkylation sites (tertiary alicyclic amines) is 1. The fourth-order valence-electron chi connectivity index (χ4n) is 4.75. The Hall–Kier alpha value is -2.68. The number of aliphatic imine (C=N–C) groups is 1. The second-order valence-electron chi connectivity index (χ2n) is 9.04. The number of nitro benzene ring substituents is 1. The molecule has 174 valence electrons. The number of rotatable bonds is 6. The molecule has 9 heteroatoms. The zero-order valence-electron chi connectivity index (χ0n) is 18.7. The molecule has 1 N–H and O–H groups in total. The van der Waals surface area contributed by atoms with E-state index in [-0.39, 0.29) is 16.5 Å². The number of nitrogens with one attached hydrogen (secondary N) is 1. The van der Waals surface area contributed by atoms with Crippen LogP contribution in [-0.2, 0) is 11.3 Å². The Bertz CT molecular complexity index is 808. The summed E-state index contributed by atoms with van der Waals surface area (Å²) < 4.78 is 0. The first-order valence-corrected chi connectivity index (χ1v) is 11.9. The smallest absolute Gasteiger partial charge is 0.269 e. The number of nitrogens with zero attached hydrogens (tertiary/aromatic N) is 5. The standard InChI is InChI=1S/C23H34N6O3/c30-22(27-11-3-4-12-27)18-26-13-15-28(16-14-26)23(25-20-5-1-2-6-20)24-17-19-7-9-21(10-8-19)29(31)32/h7-10,20H,1-6,11-18H2,(H,24,25). The molecule has 1 amide bonds. The first kappa shape index (κ1) is 22.5. The van der Waals surface area contributed by atoms with E-state index in [1.165, 1.54) is 37.8 Å². The second kappa shape index (κ2) is 10.8. The quantitative estimate of drug-likeness (QED) is 0.314. The van der Waals surface area contributed by atoms with Crippen LogP contribution in [0.1, 0.15) is 44.1 Å². The predicted octanol–water partition coefficient (Wildman–Crippen LogP) is 2.22. The molecule has 3 aliphatic rings. The summed E-state index contributed by atoms with van der Waals surface area (Å²) in [6.45, 7) is 6.19. The van der Waals surface area contributed by atoms with Gasteiger partial charge in [-0.3, -0.25) is 19.8 Å². The normalized spacial score (nSPS) is 20.7. The van der Waals surface area contributed by atoms with Crippen molar-refractivity contribution < 1.29 is 9.72 Å². The minimum absolute atomic E-state index is 0.0987. The predicted molar refractivity (Wildman–Crippen MR) is 123 cm³/mol. The SMILES string of the molecule is O=C(CN1CCN(C(=NCc2ccc([N+](=O)[O-])cc2)NC2CCCC2)CC1)N1CCCC1. The molecule has 0 unspecified atom stereocenters. The average Bonchev–Trinajstić information content (AvgIpc) is 3.52. The molecule has 0 spiro atoms. The molecule has 0 bridgehead atoms. The Kier molecular flexibility index (Phi) is 7.57. The Balaban J connectivity index is 1.35. The molecule has 4 rings (SSSR count). The van der Waals surface area contributed by atoms with Crippen LogP contribution in [0, 0.1) is 10.1 Å². The van der Waals surface area contributed by atoms with Crippen molar-refractivity contribution in [2.24, 2.45) is 4.99 Å². The van der Waals surface area contributed by atoms with Crippen molar-refractivity contribution in [3.05, 3.63) is 39.9 Å². The van der Waals surface area contributed by atoms with Crippen molar-refractivity contribution in [1.82, 2.24) is 20.0 Å². The molecule has 0 radical (unpaired) electrons. The average molecular weight is 443 g/mol. The third kappa shape index (κ3) is 5.97. The van der Waals surface area contributed by atoms with E-state index >= 15 is 0 Å². The molecule has 3 fully saturated rings. The molecule has 9 nitrogen and oxygen atoms in total. The van der Waals surface area contributed by atoms with Crippen molar-refractivity contribution in [3.63, 3.8) is 0 Å². The lowest BCUT2D eigenvalue weighted by Crippen LogP contribution is -2.55. The van der Waals surface area contributed by atoms with E-state index in [0.29, 0.717) is 19.1 Å². The van der Waals surface area contributed by atoms with Crippen LogP contribution in [0.3, 0.4) is 0 Å². The summed E-state index contributed by atoms with van der Waals surface area (Å²) in [7, 11) is 0. The molecule has 0 atom stereocenters. The highest BCUT2D eigenvalue weighted by molar-refractivity contribution is 5.81. The summed E-state index contributed by atoms with van der Waals surface area (Å²) in [4.78, 5) is 34.4. The van der Waals surface area contributed by atoms with Crippen LogP contribution in [0.15, 0.2) is 29.3 Å². The van der Waals surface area contributed by atoms with Crippen LogP contribution in [0.25, 0.3) is 0 Å². The summed E-state index contributed by atoms with van der Waals surface area (Å²) in [5.74, 6) is 1.17. The van der Waals surface area contributed by atoms with E-state index in [1.807, 2.05) is 4.90 Å². The van der Waals surface area contributed by atoms with Crippen molar-refractivity contribution >= 4 is 17.6 Å². The van der Waals surface area contributed by atoms with Crippen LogP contribution in [0.2, 0.25) is 0 Å². The minimum Gasteiger partial charge on any atom is -0.353 e. The van der Waals surface area contributed by atoms with E-state index in [2.05, 4.69) is 15.1 Å². The molecule has 2 aliphatic heterocycles. The van der Waals surface area contributed by atoms with E-state index < -0.39 is 0 Å². The number of hydrogen-bond acceptors (Lipinski definition) is 5. The van der Waals surface area contributed by atoms with Gasteiger partial charge in [-0.1, -0.05) is 25.0 Å². The summed E-state index contributed by atoms with van der Waals surface area (Å²) in [5, 5.41) is 14.5. The first-order chi connectivity index (χ1) is 15.6. The van der Waals surface area contributed by atoms with Gasteiger partial charge in [0.1, 0.15) is 0 Å². The van der Waals surface area contributed by atoms with Crippen LogP contribution in [-0.4, -0.2) is 83.3 Å². The number of carbonyl (C=O) groups excluding carboxylic acids is 1. The van der Waals surface area contributed by atoms with Gasteiger partial charge in [-0.25, -0.2) is 4.99 Å².